The van der Waals surface area contributed by atoms with E-state index in [4.69, 9.17) is 0 Å². The van der Waals surface area contributed by atoms with E-state index in [9.17, 15) is 56.7 Å². The fraction of sp³-hybridized carbons (Fsp3) is 0.435. The summed E-state index contributed by atoms with van der Waals surface area (Å²) < 4.78 is 139. The molecule has 0 radical (unpaired) electrons. The molecule has 0 bridgehead atoms. The van der Waals surface area contributed by atoms with Gasteiger partial charge in [0.15, 0.2) is 5.71 Å². The lowest BCUT2D eigenvalue weighted by atomic mass is 9.75. The average Bonchev–Trinajstić information content (AvgIpc) is 3.55. The van der Waals surface area contributed by atoms with Gasteiger partial charge in [-0.05, 0) is 135 Å². The van der Waals surface area contributed by atoms with Gasteiger partial charge in [0, 0.05) is 59.8 Å². The van der Waals surface area contributed by atoms with Crippen molar-refractivity contribution in [2.45, 2.75) is 107 Å². The third-order valence-electron chi connectivity index (χ3n) is 12.7. The molecule has 0 aliphatic carbocycles. The minimum absolute atomic E-state index is 0.0299. The number of benzene rings is 4. The van der Waals surface area contributed by atoms with Crippen molar-refractivity contribution < 1.29 is 61.3 Å². The van der Waals surface area contributed by atoms with Gasteiger partial charge in [0.2, 0.25) is 5.69 Å². The molecule has 2 aliphatic heterocycles. The van der Waals surface area contributed by atoms with Crippen LogP contribution in [-0.2, 0) is 56.1 Å². The van der Waals surface area contributed by atoms with E-state index < -0.39 is 62.8 Å². The van der Waals surface area contributed by atoms with Crippen LogP contribution < -0.4 is 4.90 Å². The number of unbranched alkanes of at least 4 members (excludes halogenated alkanes) is 2. The van der Waals surface area contributed by atoms with Crippen LogP contribution in [0.3, 0.4) is 0 Å². The Balaban J connectivity index is 1.54. The van der Waals surface area contributed by atoms with Crippen LogP contribution in [0.1, 0.15) is 96.3 Å². The molecular formula is C46H57N2O13S4+. The Kier molecular flexibility index (Phi) is 14.2. The summed E-state index contributed by atoms with van der Waals surface area (Å²) in [4.78, 5) is 13.6. The normalized spacial score (nSPS) is 18.5. The first-order valence-electron chi connectivity index (χ1n) is 21.4. The lowest BCUT2D eigenvalue weighted by Gasteiger charge is -2.31. The molecule has 4 N–H and O–H groups in total. The summed E-state index contributed by atoms with van der Waals surface area (Å²) in [5, 5.41) is 2.50. The minimum atomic E-state index is -4.66. The zero-order valence-electron chi connectivity index (χ0n) is 37.3. The molecule has 1 unspecified atom stereocenters. The van der Waals surface area contributed by atoms with E-state index in [0.717, 1.165) is 28.8 Å². The number of carbonyl (C=O) groups excluding carboxylic acids is 1. The third kappa shape index (κ3) is 10.8. The van der Waals surface area contributed by atoms with E-state index in [-0.39, 0.29) is 47.3 Å². The van der Waals surface area contributed by atoms with Crippen molar-refractivity contribution in [3.8, 4) is 0 Å². The van der Waals surface area contributed by atoms with Crippen molar-refractivity contribution in [1.29, 1.82) is 0 Å². The standard InChI is InChI=1S/C46H56N2O13S4/c1-30(2)40(49)13-8-7-9-23-47-38-21-19-35-31(3)27-34(65(59,60)61)29-37(35)43(38)45(4,5)41(47)14-10-15-42-46(6,22-11-25-62(50,51)52)44-36-28-33(64(56,57)58)18-16-32(36)17-20-39(44)48(42)24-12-26-63(53,54)55/h10,14-21,27-30H,7-9,11-13,22-26H2,1-6H3,(H3-,50,51,52,53,54,55,56,57,58,59,60,61)/p+1. The van der Waals surface area contributed by atoms with E-state index >= 15 is 0 Å². The largest absolute Gasteiger partial charge is 0.344 e. The molecule has 0 aromatic heterocycles. The predicted octanol–water partition coefficient (Wildman–Crippen LogP) is 8.12. The van der Waals surface area contributed by atoms with Crippen LogP contribution in [0.2, 0.25) is 0 Å². The minimum Gasteiger partial charge on any atom is -0.344 e. The summed E-state index contributed by atoms with van der Waals surface area (Å²) in [5.41, 5.74) is 2.99. The molecule has 0 saturated carbocycles. The first-order valence-corrected chi connectivity index (χ1v) is 27.5. The van der Waals surface area contributed by atoms with Crippen molar-refractivity contribution in [2.75, 3.05) is 29.5 Å². The van der Waals surface area contributed by atoms with Crippen LogP contribution in [0.5, 0.6) is 0 Å². The molecule has 2 aliphatic rings. The highest BCUT2D eigenvalue weighted by atomic mass is 32.2. The number of allylic oxidation sites excluding steroid dienone is 4. The molecule has 4 aromatic carbocycles. The van der Waals surface area contributed by atoms with Gasteiger partial charge >= 0.3 is 0 Å². The Morgan fingerprint density at radius 1 is 0.723 bits per heavy atom. The van der Waals surface area contributed by atoms with Gasteiger partial charge in [-0.25, -0.2) is 0 Å². The van der Waals surface area contributed by atoms with Crippen molar-refractivity contribution in [1.82, 2.24) is 0 Å². The predicted molar refractivity (Wildman–Crippen MR) is 252 cm³/mol. The second kappa shape index (κ2) is 18.4. The summed E-state index contributed by atoms with van der Waals surface area (Å²) in [7, 11) is -18.0. The average molecular weight is 974 g/mol. The maximum Gasteiger partial charge on any atom is 0.294 e. The van der Waals surface area contributed by atoms with Gasteiger partial charge in [-0.15, -0.1) is 0 Å². The van der Waals surface area contributed by atoms with Gasteiger partial charge in [0.1, 0.15) is 12.3 Å². The second-order valence-electron chi connectivity index (χ2n) is 18.1. The van der Waals surface area contributed by atoms with Crippen LogP contribution in [0.25, 0.3) is 21.5 Å². The summed E-state index contributed by atoms with van der Waals surface area (Å²) in [6.45, 7) is 12.0. The van der Waals surface area contributed by atoms with Crippen LogP contribution in [0.15, 0.2) is 88.3 Å². The number of anilines is 1. The Morgan fingerprint density at radius 2 is 1.35 bits per heavy atom. The molecule has 2 heterocycles. The van der Waals surface area contributed by atoms with Gasteiger partial charge in [-0.3, -0.25) is 23.0 Å². The lowest BCUT2D eigenvalue weighted by Crippen LogP contribution is -2.31. The van der Waals surface area contributed by atoms with Gasteiger partial charge in [-0.1, -0.05) is 32.1 Å². The number of hydrogen-bond donors (Lipinski definition) is 4. The van der Waals surface area contributed by atoms with E-state index in [1.54, 1.807) is 25.1 Å². The van der Waals surface area contributed by atoms with Crippen molar-refractivity contribution in [2.24, 2.45) is 5.92 Å². The Hall–Kier alpha value is -4.34. The smallest absolute Gasteiger partial charge is 0.294 e. The molecule has 0 fully saturated rings. The topological polar surface area (TPSA) is 241 Å². The number of fused-ring (bicyclic) bond motifs is 6. The SMILES string of the molecule is Cc1cc(S(=O)(=O)O)cc2c3c(ccc12)[N+](CCCCCC(=O)C(C)C)=C(C=CC=C1N(CCCS(=O)(=O)O)c2ccc4ccc(S(=O)(=O)O)cc4c2C1(C)CCCS(=O)(=O)O)C3(C)C. The monoisotopic (exact) mass is 973 g/mol. The van der Waals surface area contributed by atoms with Crippen LogP contribution >= 0.6 is 0 Å². The van der Waals surface area contributed by atoms with Gasteiger partial charge in [0.05, 0.1) is 26.7 Å². The molecule has 352 valence electrons. The molecule has 19 heteroatoms. The number of ketones is 1. The number of hydrogen-bond acceptors (Lipinski definition) is 10. The first kappa shape index (κ1) is 50.1. The highest BCUT2D eigenvalue weighted by Gasteiger charge is 2.47. The van der Waals surface area contributed by atoms with Crippen molar-refractivity contribution >= 4 is 84.9 Å². The first-order chi connectivity index (χ1) is 30.0. The second-order valence-corrected chi connectivity index (χ2v) is 24.1. The fourth-order valence-electron chi connectivity index (χ4n) is 9.60. The highest BCUT2D eigenvalue weighted by molar-refractivity contribution is 7.86. The molecule has 0 spiro atoms. The molecule has 0 amide bonds. The van der Waals surface area contributed by atoms with Gasteiger partial charge < -0.3 is 4.90 Å². The number of rotatable bonds is 19. The summed E-state index contributed by atoms with van der Waals surface area (Å²) in [5.74, 6) is -1.02. The molecular weight excluding hydrogens is 917 g/mol. The van der Waals surface area contributed by atoms with Crippen LogP contribution in [-0.4, -0.2) is 92.5 Å². The number of aryl methyl sites for hydroxylation is 1. The van der Waals surface area contributed by atoms with E-state index in [0.29, 0.717) is 64.5 Å². The zero-order chi connectivity index (χ0) is 48.1. The number of nitrogens with zero attached hydrogens (tertiary/aromatic N) is 2. The highest BCUT2D eigenvalue weighted by Crippen LogP contribution is 2.54. The Bertz CT molecular complexity index is 3140. The third-order valence-corrected chi connectivity index (χ3v) is 16.0. The van der Waals surface area contributed by atoms with E-state index in [2.05, 4.69) is 4.58 Å². The maximum atomic E-state index is 12.5. The Labute approximate surface area is 381 Å². The van der Waals surface area contributed by atoms with Gasteiger partial charge in [0.25, 0.3) is 40.5 Å². The maximum absolute atomic E-state index is 12.5. The molecule has 1 atom stereocenters. The van der Waals surface area contributed by atoms with Crippen molar-refractivity contribution in [3.63, 3.8) is 0 Å². The molecule has 6 rings (SSSR count). The summed E-state index contributed by atoms with van der Waals surface area (Å²) in [6, 6.07) is 14.5. The van der Waals surface area contributed by atoms with Crippen LogP contribution in [0, 0.1) is 12.8 Å². The number of Topliss-reactive ketones (excluding diaryl/α,β-unsaturated/α-hetero) is 1. The molecule has 4 aromatic rings. The fourth-order valence-corrected chi connectivity index (χ4v) is 11.7. The number of carbonyl (C=O) groups is 1. The quantitative estimate of drug-likeness (QED) is 0.0394. The summed E-state index contributed by atoms with van der Waals surface area (Å²) in [6.07, 6.45) is 8.26. The van der Waals surface area contributed by atoms with Crippen molar-refractivity contribution in [3.05, 3.63) is 95.2 Å². The molecule has 65 heavy (non-hydrogen) atoms. The summed E-state index contributed by atoms with van der Waals surface area (Å²) >= 11 is 0. The molecule has 15 nitrogen and oxygen atoms in total. The van der Waals surface area contributed by atoms with E-state index in [1.165, 1.54) is 24.3 Å². The van der Waals surface area contributed by atoms with Crippen LogP contribution in [0.4, 0.5) is 11.4 Å². The van der Waals surface area contributed by atoms with Gasteiger partial charge in [-0.2, -0.15) is 38.2 Å². The zero-order valence-corrected chi connectivity index (χ0v) is 40.5. The lowest BCUT2D eigenvalue weighted by molar-refractivity contribution is -0.438. The Morgan fingerprint density at radius 3 is 1.98 bits per heavy atom. The van der Waals surface area contributed by atoms with E-state index in [1.807, 2.05) is 69.9 Å². The molecule has 0 saturated heterocycles.